The molecular weight excluding hydrogens is 406 g/mol. The van der Waals surface area contributed by atoms with Gasteiger partial charge >= 0.3 is 0 Å². The second kappa shape index (κ2) is 7.46. The molecule has 2 aromatic heterocycles. The predicted octanol–water partition coefficient (Wildman–Crippen LogP) is 4.91. The molecule has 0 fully saturated rings. The van der Waals surface area contributed by atoms with E-state index in [-0.39, 0.29) is 10.8 Å². The SMILES string of the molecule is Cc1ccc(N(C)S(=O)(=O)c2ccsc2-c2nc(-c3cccc(C)c3)no2)cc1. The van der Waals surface area contributed by atoms with Crippen LogP contribution in [0.1, 0.15) is 11.1 Å². The van der Waals surface area contributed by atoms with E-state index in [1.165, 1.54) is 22.7 Å². The van der Waals surface area contributed by atoms with Gasteiger partial charge in [0.2, 0.25) is 5.82 Å². The molecule has 0 aliphatic heterocycles. The Bertz CT molecular complexity index is 1260. The van der Waals surface area contributed by atoms with E-state index in [1.54, 1.807) is 23.6 Å². The topological polar surface area (TPSA) is 76.3 Å². The summed E-state index contributed by atoms with van der Waals surface area (Å²) in [5.74, 6) is 0.611. The largest absolute Gasteiger partial charge is 0.333 e. The van der Waals surface area contributed by atoms with E-state index in [9.17, 15) is 8.42 Å². The maximum Gasteiger partial charge on any atom is 0.269 e. The molecule has 2 aromatic carbocycles. The first-order valence-electron chi connectivity index (χ1n) is 8.90. The molecule has 0 saturated carbocycles. The smallest absolute Gasteiger partial charge is 0.269 e. The first-order chi connectivity index (χ1) is 13.9. The summed E-state index contributed by atoms with van der Waals surface area (Å²) in [5.41, 5.74) is 3.54. The molecule has 29 heavy (non-hydrogen) atoms. The number of thiophene rings is 1. The van der Waals surface area contributed by atoms with Crippen LogP contribution in [0, 0.1) is 13.8 Å². The van der Waals surface area contributed by atoms with Crippen LogP contribution >= 0.6 is 11.3 Å². The zero-order chi connectivity index (χ0) is 20.6. The van der Waals surface area contributed by atoms with E-state index in [1.807, 2.05) is 50.2 Å². The van der Waals surface area contributed by atoms with Crippen LogP contribution in [0.25, 0.3) is 22.2 Å². The molecule has 0 unspecified atom stereocenters. The molecule has 0 saturated heterocycles. The van der Waals surface area contributed by atoms with Crippen LogP contribution in [-0.4, -0.2) is 25.6 Å². The van der Waals surface area contributed by atoms with E-state index < -0.39 is 10.0 Å². The summed E-state index contributed by atoms with van der Waals surface area (Å²) in [6, 6.07) is 16.6. The first-order valence-corrected chi connectivity index (χ1v) is 11.2. The summed E-state index contributed by atoms with van der Waals surface area (Å²) >= 11 is 1.25. The summed E-state index contributed by atoms with van der Waals surface area (Å²) in [7, 11) is -2.25. The molecular formula is C21H19N3O3S2. The number of hydrogen-bond acceptors (Lipinski definition) is 6. The van der Waals surface area contributed by atoms with Gasteiger partial charge in [-0.1, -0.05) is 46.6 Å². The lowest BCUT2D eigenvalue weighted by atomic mass is 10.1. The fourth-order valence-corrected chi connectivity index (χ4v) is 5.43. The monoisotopic (exact) mass is 425 g/mol. The third-order valence-corrected chi connectivity index (χ3v) is 7.42. The van der Waals surface area contributed by atoms with Crippen molar-refractivity contribution in [2.75, 3.05) is 11.4 Å². The van der Waals surface area contributed by atoms with Crippen molar-refractivity contribution in [1.82, 2.24) is 10.1 Å². The van der Waals surface area contributed by atoms with E-state index >= 15 is 0 Å². The highest BCUT2D eigenvalue weighted by Gasteiger charge is 2.28. The molecule has 0 radical (unpaired) electrons. The van der Waals surface area contributed by atoms with Gasteiger partial charge < -0.3 is 4.52 Å². The van der Waals surface area contributed by atoms with E-state index in [2.05, 4.69) is 10.1 Å². The van der Waals surface area contributed by atoms with Gasteiger partial charge in [0, 0.05) is 12.6 Å². The third kappa shape index (κ3) is 3.68. The van der Waals surface area contributed by atoms with Crippen LogP contribution < -0.4 is 4.31 Å². The van der Waals surface area contributed by atoms with Gasteiger partial charge in [-0.3, -0.25) is 4.31 Å². The van der Waals surface area contributed by atoms with Crippen LogP contribution in [0.15, 0.2) is 69.4 Å². The quantitative estimate of drug-likeness (QED) is 0.454. The van der Waals surface area contributed by atoms with Gasteiger partial charge in [-0.05, 0) is 43.5 Å². The first kappa shape index (κ1) is 19.4. The minimum absolute atomic E-state index is 0.144. The third-order valence-electron chi connectivity index (χ3n) is 4.56. The number of anilines is 1. The molecule has 2 heterocycles. The molecule has 0 spiro atoms. The summed E-state index contributed by atoms with van der Waals surface area (Å²) in [4.78, 5) is 5.00. The molecule has 0 N–H and O–H groups in total. The fourth-order valence-electron chi connectivity index (χ4n) is 2.91. The van der Waals surface area contributed by atoms with Crippen molar-refractivity contribution in [2.24, 2.45) is 0 Å². The zero-order valence-electron chi connectivity index (χ0n) is 16.2. The normalized spacial score (nSPS) is 11.6. The van der Waals surface area contributed by atoms with E-state index in [0.29, 0.717) is 16.4 Å². The van der Waals surface area contributed by atoms with Gasteiger partial charge in [0.25, 0.3) is 15.9 Å². The number of rotatable bonds is 5. The van der Waals surface area contributed by atoms with Crippen molar-refractivity contribution in [3.8, 4) is 22.2 Å². The Morgan fingerprint density at radius 3 is 2.48 bits per heavy atom. The molecule has 8 heteroatoms. The van der Waals surface area contributed by atoms with Gasteiger partial charge in [-0.25, -0.2) is 8.42 Å². The Balaban J connectivity index is 1.71. The molecule has 0 bridgehead atoms. The minimum Gasteiger partial charge on any atom is -0.333 e. The molecule has 148 valence electrons. The minimum atomic E-state index is -3.79. The van der Waals surface area contributed by atoms with Gasteiger partial charge in [-0.2, -0.15) is 4.98 Å². The number of nitrogens with zero attached hydrogens (tertiary/aromatic N) is 3. The van der Waals surface area contributed by atoms with Crippen LogP contribution in [0.2, 0.25) is 0 Å². The standard InChI is InChI=1S/C21H19N3O3S2/c1-14-7-9-17(10-8-14)24(3)29(25,26)18-11-12-28-19(18)21-22-20(23-27-21)16-6-4-5-15(2)13-16/h4-13H,1-3H3. The second-order valence-corrected chi connectivity index (χ2v) is 9.57. The lowest BCUT2D eigenvalue weighted by molar-refractivity contribution is 0.432. The summed E-state index contributed by atoms with van der Waals surface area (Å²) in [6.07, 6.45) is 0. The maximum absolute atomic E-state index is 13.2. The molecule has 6 nitrogen and oxygen atoms in total. The van der Waals surface area contributed by atoms with Crippen molar-refractivity contribution in [2.45, 2.75) is 18.7 Å². The van der Waals surface area contributed by atoms with Crippen molar-refractivity contribution in [1.29, 1.82) is 0 Å². The van der Waals surface area contributed by atoms with Crippen molar-refractivity contribution >= 4 is 27.0 Å². The Labute approximate surface area is 173 Å². The van der Waals surface area contributed by atoms with Crippen molar-refractivity contribution < 1.29 is 12.9 Å². The zero-order valence-corrected chi connectivity index (χ0v) is 17.8. The summed E-state index contributed by atoms with van der Waals surface area (Å²) in [5, 5.41) is 5.74. The van der Waals surface area contributed by atoms with E-state index in [4.69, 9.17) is 4.52 Å². The second-order valence-electron chi connectivity index (χ2n) is 6.71. The Morgan fingerprint density at radius 2 is 1.76 bits per heavy atom. The van der Waals surface area contributed by atoms with Gasteiger partial charge in [0.15, 0.2) is 0 Å². The molecule has 4 rings (SSSR count). The molecule has 0 atom stereocenters. The summed E-state index contributed by atoms with van der Waals surface area (Å²) < 4.78 is 33.1. The number of aromatic nitrogens is 2. The highest BCUT2D eigenvalue weighted by molar-refractivity contribution is 7.93. The lowest BCUT2D eigenvalue weighted by Crippen LogP contribution is -2.26. The maximum atomic E-state index is 13.2. The van der Waals surface area contributed by atoms with Crippen LogP contribution in [-0.2, 0) is 10.0 Å². The van der Waals surface area contributed by atoms with Crippen LogP contribution in [0.5, 0.6) is 0 Å². The van der Waals surface area contributed by atoms with Crippen LogP contribution in [0.4, 0.5) is 5.69 Å². The van der Waals surface area contributed by atoms with Crippen molar-refractivity contribution in [3.05, 3.63) is 71.1 Å². The highest BCUT2D eigenvalue weighted by atomic mass is 32.2. The van der Waals surface area contributed by atoms with Crippen molar-refractivity contribution in [3.63, 3.8) is 0 Å². The Morgan fingerprint density at radius 1 is 1.00 bits per heavy atom. The van der Waals surface area contributed by atoms with E-state index in [0.717, 1.165) is 16.7 Å². The lowest BCUT2D eigenvalue weighted by Gasteiger charge is -2.19. The number of sulfonamides is 1. The Hall–Kier alpha value is -2.97. The number of benzene rings is 2. The van der Waals surface area contributed by atoms with Gasteiger partial charge in [0.05, 0.1) is 5.69 Å². The van der Waals surface area contributed by atoms with Gasteiger partial charge in [-0.15, -0.1) is 11.3 Å². The predicted molar refractivity (Wildman–Crippen MR) is 115 cm³/mol. The molecule has 0 aliphatic carbocycles. The van der Waals surface area contributed by atoms with Crippen LogP contribution in [0.3, 0.4) is 0 Å². The van der Waals surface area contributed by atoms with Gasteiger partial charge in [0.1, 0.15) is 9.77 Å². The molecule has 4 aromatic rings. The average Bonchev–Trinajstić information content (AvgIpc) is 3.37. The summed E-state index contributed by atoms with van der Waals surface area (Å²) in [6.45, 7) is 3.94. The molecule has 0 amide bonds. The highest BCUT2D eigenvalue weighted by Crippen LogP contribution is 2.35. The number of hydrogen-bond donors (Lipinski definition) is 0. The number of aryl methyl sites for hydroxylation is 2. The fraction of sp³-hybridized carbons (Fsp3) is 0.143. The average molecular weight is 426 g/mol. The Kier molecular flexibility index (Phi) is 4.97. The molecule has 0 aliphatic rings.